The van der Waals surface area contributed by atoms with Crippen LogP contribution in [0.15, 0.2) is 24.3 Å². The first-order valence-corrected chi connectivity index (χ1v) is 12.4. The Morgan fingerprint density at radius 1 is 1.25 bits per heavy atom. The van der Waals surface area contributed by atoms with Crippen molar-refractivity contribution in [3.8, 4) is 0 Å². The predicted octanol–water partition coefficient (Wildman–Crippen LogP) is 6.07. The summed E-state index contributed by atoms with van der Waals surface area (Å²) in [6.45, 7) is 5.06. The van der Waals surface area contributed by atoms with Crippen LogP contribution in [0.1, 0.15) is 53.1 Å². The number of nitrogens with zero attached hydrogens (tertiary/aromatic N) is 3. The number of hydrogen-bond donors (Lipinski definition) is 1. The smallest absolute Gasteiger partial charge is 0.306 e. The largest absolute Gasteiger partial charge is 0.481 e. The predicted molar refractivity (Wildman–Crippen MR) is 135 cm³/mol. The molecule has 36 heavy (non-hydrogen) atoms. The summed E-state index contributed by atoms with van der Waals surface area (Å²) in [4.78, 5) is 31.0. The number of fused-ring (bicyclic) bond motifs is 1. The van der Waals surface area contributed by atoms with Gasteiger partial charge in [-0.3, -0.25) is 9.59 Å². The molecule has 1 saturated heterocycles. The molecular formula is C26H27Cl2F2N3O3. The van der Waals surface area contributed by atoms with Crippen molar-refractivity contribution in [2.75, 3.05) is 13.1 Å². The highest BCUT2D eigenvalue weighted by molar-refractivity contribution is 6.38. The number of imidazole rings is 1. The number of alkyl halides is 2. The van der Waals surface area contributed by atoms with Gasteiger partial charge in [0, 0.05) is 44.1 Å². The third-order valence-corrected chi connectivity index (χ3v) is 7.82. The molecule has 6 nitrogen and oxygen atoms in total. The maximum atomic E-state index is 14.0. The van der Waals surface area contributed by atoms with Gasteiger partial charge in [-0.15, -0.1) is 0 Å². The van der Waals surface area contributed by atoms with Gasteiger partial charge in [0.05, 0.1) is 27.5 Å². The van der Waals surface area contributed by atoms with Gasteiger partial charge < -0.3 is 14.6 Å². The zero-order valence-corrected chi connectivity index (χ0v) is 21.9. The molecular weight excluding hydrogens is 511 g/mol. The first kappa shape index (κ1) is 26.4. The third-order valence-electron chi connectivity index (χ3n) is 7.04. The first-order chi connectivity index (χ1) is 16.8. The van der Waals surface area contributed by atoms with E-state index in [0.29, 0.717) is 52.5 Å². The van der Waals surface area contributed by atoms with Crippen molar-refractivity contribution in [2.45, 2.75) is 39.5 Å². The number of hydrogen-bond acceptors (Lipinski definition) is 3. The Kier molecular flexibility index (Phi) is 7.05. The zero-order chi connectivity index (χ0) is 26.5. The van der Waals surface area contributed by atoms with Gasteiger partial charge in [-0.05, 0) is 54.7 Å². The van der Waals surface area contributed by atoms with Gasteiger partial charge in [0.15, 0.2) is 0 Å². The van der Waals surface area contributed by atoms with Gasteiger partial charge in [0.2, 0.25) is 0 Å². The highest BCUT2D eigenvalue weighted by Crippen LogP contribution is 2.35. The fourth-order valence-electron chi connectivity index (χ4n) is 4.87. The molecule has 1 fully saturated rings. The second kappa shape index (κ2) is 9.63. The molecule has 1 aliphatic rings. The second-order valence-electron chi connectivity index (χ2n) is 9.66. The lowest BCUT2D eigenvalue weighted by Crippen LogP contribution is -2.45. The molecule has 1 aliphatic heterocycles. The van der Waals surface area contributed by atoms with E-state index >= 15 is 0 Å². The summed E-state index contributed by atoms with van der Waals surface area (Å²) < 4.78 is 29.7. The first-order valence-electron chi connectivity index (χ1n) is 11.6. The molecule has 0 saturated carbocycles. The van der Waals surface area contributed by atoms with E-state index in [4.69, 9.17) is 23.2 Å². The number of aryl methyl sites for hydroxylation is 2. The number of carboxylic acids is 1. The van der Waals surface area contributed by atoms with Crippen LogP contribution in [-0.4, -0.2) is 44.5 Å². The second-order valence-corrected chi connectivity index (χ2v) is 10.4. The molecule has 2 atom stereocenters. The van der Waals surface area contributed by atoms with Crippen molar-refractivity contribution in [3.63, 3.8) is 0 Å². The average molecular weight is 538 g/mol. The maximum Gasteiger partial charge on any atom is 0.306 e. The summed E-state index contributed by atoms with van der Waals surface area (Å²) in [6.07, 6.45) is 0.567. The van der Waals surface area contributed by atoms with Gasteiger partial charge in [-0.1, -0.05) is 30.1 Å². The van der Waals surface area contributed by atoms with Crippen LogP contribution in [0.4, 0.5) is 8.78 Å². The van der Waals surface area contributed by atoms with Crippen LogP contribution < -0.4 is 0 Å². The van der Waals surface area contributed by atoms with Crippen molar-refractivity contribution in [3.05, 3.63) is 62.4 Å². The number of rotatable bonds is 5. The van der Waals surface area contributed by atoms with E-state index in [9.17, 15) is 23.5 Å². The molecule has 4 rings (SSSR count). The number of benzene rings is 2. The van der Waals surface area contributed by atoms with E-state index in [2.05, 4.69) is 4.98 Å². The number of carboxylic acid groups (broad SMARTS) is 1. The van der Waals surface area contributed by atoms with Crippen molar-refractivity contribution >= 4 is 46.1 Å². The van der Waals surface area contributed by atoms with Gasteiger partial charge in [0.1, 0.15) is 5.82 Å². The van der Waals surface area contributed by atoms with Gasteiger partial charge >= 0.3 is 5.97 Å². The Morgan fingerprint density at radius 3 is 2.56 bits per heavy atom. The van der Waals surface area contributed by atoms with Crippen LogP contribution >= 0.6 is 23.2 Å². The Balaban J connectivity index is 1.67. The lowest BCUT2D eigenvalue weighted by atomic mass is 9.86. The van der Waals surface area contributed by atoms with Crippen LogP contribution in [0.2, 0.25) is 10.0 Å². The van der Waals surface area contributed by atoms with Gasteiger partial charge in [0.25, 0.3) is 11.8 Å². The van der Waals surface area contributed by atoms with Crippen LogP contribution in [0.5, 0.6) is 0 Å². The van der Waals surface area contributed by atoms with E-state index in [1.165, 1.54) is 12.1 Å². The summed E-state index contributed by atoms with van der Waals surface area (Å²) in [5.41, 5.74) is 2.50. The molecule has 1 amide bonds. The molecule has 0 aliphatic carbocycles. The molecule has 1 aromatic heterocycles. The normalized spacial score (nSPS) is 18.6. The number of piperidine rings is 1. The molecule has 192 valence electrons. The Hall–Kier alpha value is -2.71. The van der Waals surface area contributed by atoms with E-state index in [1.807, 2.05) is 6.92 Å². The summed E-state index contributed by atoms with van der Waals surface area (Å²) in [5, 5.41) is 9.92. The van der Waals surface area contributed by atoms with E-state index in [-0.39, 0.29) is 34.4 Å². The fraction of sp³-hybridized carbons (Fsp3) is 0.423. The number of carbonyl (C=O) groups excluding carboxylic acids is 1. The summed E-state index contributed by atoms with van der Waals surface area (Å²) >= 11 is 13.2. The van der Waals surface area contributed by atoms with Crippen molar-refractivity contribution < 1.29 is 23.5 Å². The molecule has 3 aromatic rings. The van der Waals surface area contributed by atoms with Gasteiger partial charge in [-0.25, -0.2) is 13.8 Å². The summed E-state index contributed by atoms with van der Waals surface area (Å²) in [5.74, 6) is -4.23. The number of halogens is 4. The third kappa shape index (κ3) is 4.81. The van der Waals surface area contributed by atoms with Crippen LogP contribution in [0.3, 0.4) is 0 Å². The number of aromatic nitrogens is 2. The molecule has 1 N–H and O–H groups in total. The average Bonchev–Trinajstić information content (AvgIpc) is 3.11. The molecule has 0 spiro atoms. The molecule has 0 radical (unpaired) electrons. The summed E-state index contributed by atoms with van der Waals surface area (Å²) in [7, 11) is 1.74. The Morgan fingerprint density at radius 2 is 1.94 bits per heavy atom. The highest BCUT2D eigenvalue weighted by Gasteiger charge is 2.34. The molecule has 2 aromatic carbocycles. The lowest BCUT2D eigenvalue weighted by Gasteiger charge is -2.35. The van der Waals surface area contributed by atoms with E-state index < -0.39 is 17.8 Å². The van der Waals surface area contributed by atoms with E-state index in [1.54, 1.807) is 35.6 Å². The lowest BCUT2D eigenvalue weighted by molar-refractivity contribution is -0.145. The quantitative estimate of drug-likeness (QED) is 0.428. The van der Waals surface area contributed by atoms with Crippen LogP contribution in [0, 0.1) is 18.8 Å². The minimum atomic E-state index is -2.98. The van der Waals surface area contributed by atoms with Crippen molar-refractivity contribution in [2.24, 2.45) is 18.9 Å². The number of amides is 1. The molecule has 0 bridgehead atoms. The number of likely N-dealkylation sites (tertiary alicyclic amines) is 1. The minimum Gasteiger partial charge on any atom is -0.481 e. The Labute approximate surface area is 217 Å². The van der Waals surface area contributed by atoms with Crippen molar-refractivity contribution in [1.29, 1.82) is 0 Å². The van der Waals surface area contributed by atoms with E-state index in [0.717, 1.165) is 6.92 Å². The zero-order valence-electron chi connectivity index (χ0n) is 20.4. The number of aliphatic carboxylic acids is 1. The highest BCUT2D eigenvalue weighted by atomic mass is 35.5. The SMILES string of the molecule is Cc1cc(C(C)(F)F)cc2c1nc(Cc1c(Cl)ccc(C(=O)N3CCC(C(=O)O)C(C)C3)c1Cl)n2C. The Bertz CT molecular complexity index is 1370. The molecule has 10 heteroatoms. The minimum absolute atomic E-state index is 0.0911. The molecule has 2 heterocycles. The van der Waals surface area contributed by atoms with Gasteiger partial charge in [-0.2, -0.15) is 0 Å². The van der Waals surface area contributed by atoms with Crippen molar-refractivity contribution in [1.82, 2.24) is 14.5 Å². The van der Waals surface area contributed by atoms with Crippen LogP contribution in [0.25, 0.3) is 11.0 Å². The standard InChI is InChI=1S/C26H27Cl2F2N3O3/c1-13-9-15(26(3,29)30)10-20-23(13)31-21(32(20)4)11-18-19(27)6-5-17(22(18)28)24(34)33-8-7-16(25(35)36)14(2)12-33/h5-6,9-10,14,16H,7-8,11-12H2,1-4H3,(H,35,36). The van der Waals surface area contributed by atoms with Crippen LogP contribution in [-0.2, 0) is 24.2 Å². The molecule has 2 unspecified atom stereocenters. The topological polar surface area (TPSA) is 75.4 Å². The summed E-state index contributed by atoms with van der Waals surface area (Å²) in [6, 6.07) is 6.04. The maximum absolute atomic E-state index is 14.0. The fourth-order valence-corrected chi connectivity index (χ4v) is 5.45. The monoisotopic (exact) mass is 537 g/mol. The number of carbonyl (C=O) groups is 2.